The molecule has 0 radical (unpaired) electrons. The van der Waals surface area contributed by atoms with E-state index in [2.05, 4.69) is 15.4 Å². The number of anilines is 1. The predicted molar refractivity (Wildman–Crippen MR) is 81.8 cm³/mol. The van der Waals surface area contributed by atoms with Crippen molar-refractivity contribution in [3.63, 3.8) is 0 Å². The third kappa shape index (κ3) is 9.21. The topological polar surface area (TPSA) is 79.8 Å². The van der Waals surface area contributed by atoms with Crippen LogP contribution < -0.4 is 15.4 Å². The molecule has 1 aromatic carbocycles. The van der Waals surface area contributed by atoms with Crippen LogP contribution in [0.25, 0.3) is 0 Å². The molecule has 0 aromatic heterocycles. The number of aliphatic hydroxyl groups is 1. The number of hydrogen-bond donors (Lipinski definition) is 3. The molecule has 2 amide bonds. The largest absolute Gasteiger partial charge is 0.573 e. The van der Waals surface area contributed by atoms with Crippen LogP contribution in [0.3, 0.4) is 0 Å². The molecule has 0 saturated heterocycles. The number of halogens is 3. The van der Waals surface area contributed by atoms with Crippen molar-refractivity contribution >= 4 is 11.7 Å². The number of ether oxygens (including phenoxy) is 2. The van der Waals surface area contributed by atoms with Crippen molar-refractivity contribution in [2.45, 2.75) is 26.3 Å². The van der Waals surface area contributed by atoms with Gasteiger partial charge in [0.25, 0.3) is 0 Å². The highest BCUT2D eigenvalue weighted by Crippen LogP contribution is 2.24. The summed E-state index contributed by atoms with van der Waals surface area (Å²) in [5, 5.41) is 14.4. The van der Waals surface area contributed by atoms with Gasteiger partial charge in [-0.05, 0) is 18.1 Å². The molecule has 0 saturated carbocycles. The number of carbonyl (C=O) groups excluding carboxylic acids is 1. The minimum absolute atomic E-state index is 0.0529. The Morgan fingerprint density at radius 3 is 2.62 bits per heavy atom. The highest BCUT2D eigenvalue weighted by atomic mass is 19.4. The highest BCUT2D eigenvalue weighted by Gasteiger charge is 2.31. The molecule has 0 aliphatic heterocycles. The maximum Gasteiger partial charge on any atom is 0.573 e. The Morgan fingerprint density at radius 2 is 2.00 bits per heavy atom. The van der Waals surface area contributed by atoms with Gasteiger partial charge in [-0.25, -0.2) is 4.79 Å². The van der Waals surface area contributed by atoms with Crippen molar-refractivity contribution < 1.29 is 32.5 Å². The fourth-order valence-electron chi connectivity index (χ4n) is 1.66. The second kappa shape index (κ2) is 9.33. The predicted octanol–water partition coefficient (Wildman–Crippen LogP) is 2.74. The molecular weight excluding hydrogens is 329 g/mol. The molecule has 0 aliphatic rings. The molecule has 1 atom stereocenters. The van der Waals surface area contributed by atoms with E-state index >= 15 is 0 Å². The third-order valence-corrected chi connectivity index (χ3v) is 2.59. The second-order valence-corrected chi connectivity index (χ2v) is 5.50. The molecule has 0 spiro atoms. The lowest BCUT2D eigenvalue weighted by molar-refractivity contribution is -0.274. The van der Waals surface area contributed by atoms with Crippen LogP contribution in [0.15, 0.2) is 24.3 Å². The molecule has 0 heterocycles. The van der Waals surface area contributed by atoms with Gasteiger partial charge < -0.3 is 25.2 Å². The van der Waals surface area contributed by atoms with Gasteiger partial charge in [0.15, 0.2) is 0 Å². The van der Waals surface area contributed by atoms with E-state index in [1.165, 1.54) is 12.1 Å². The van der Waals surface area contributed by atoms with E-state index in [-0.39, 0.29) is 18.8 Å². The van der Waals surface area contributed by atoms with Gasteiger partial charge in [-0.1, -0.05) is 19.9 Å². The van der Waals surface area contributed by atoms with Crippen molar-refractivity contribution in [3.05, 3.63) is 24.3 Å². The molecular formula is C15H21F3N2O4. The van der Waals surface area contributed by atoms with Gasteiger partial charge in [0, 0.05) is 24.9 Å². The highest BCUT2D eigenvalue weighted by molar-refractivity contribution is 5.89. The summed E-state index contributed by atoms with van der Waals surface area (Å²) < 4.78 is 45.4. The molecule has 6 nitrogen and oxygen atoms in total. The zero-order valence-electron chi connectivity index (χ0n) is 13.4. The second-order valence-electron chi connectivity index (χ2n) is 5.50. The first-order valence-electron chi connectivity index (χ1n) is 7.32. The van der Waals surface area contributed by atoms with Gasteiger partial charge in [-0.3, -0.25) is 0 Å². The van der Waals surface area contributed by atoms with Crippen molar-refractivity contribution in [3.8, 4) is 5.75 Å². The van der Waals surface area contributed by atoms with Crippen LogP contribution in [0.5, 0.6) is 5.75 Å². The Balaban J connectivity index is 2.38. The van der Waals surface area contributed by atoms with Crippen LogP contribution in [0, 0.1) is 5.92 Å². The lowest BCUT2D eigenvalue weighted by Gasteiger charge is -2.14. The fourth-order valence-corrected chi connectivity index (χ4v) is 1.66. The van der Waals surface area contributed by atoms with Gasteiger partial charge in [0.05, 0.1) is 12.7 Å². The molecule has 0 fully saturated rings. The van der Waals surface area contributed by atoms with Crippen molar-refractivity contribution in [1.82, 2.24) is 5.32 Å². The summed E-state index contributed by atoms with van der Waals surface area (Å²) in [6.45, 7) is 4.45. The zero-order valence-corrected chi connectivity index (χ0v) is 13.4. The number of nitrogens with one attached hydrogen (secondary N) is 2. The molecule has 136 valence electrons. The number of amides is 2. The quantitative estimate of drug-likeness (QED) is 0.674. The van der Waals surface area contributed by atoms with E-state index in [1.54, 1.807) is 0 Å². The Hall–Kier alpha value is -2.00. The van der Waals surface area contributed by atoms with Gasteiger partial charge in [0.2, 0.25) is 0 Å². The maximum atomic E-state index is 12.1. The SMILES string of the molecule is CC(C)COCC(O)CNC(=O)Nc1cccc(OC(F)(F)F)c1. The summed E-state index contributed by atoms with van der Waals surface area (Å²) in [6, 6.07) is 4.21. The Bertz CT molecular complexity index is 524. The summed E-state index contributed by atoms with van der Waals surface area (Å²) >= 11 is 0. The molecule has 3 N–H and O–H groups in total. The third-order valence-electron chi connectivity index (χ3n) is 2.59. The lowest BCUT2D eigenvalue weighted by atomic mass is 10.2. The number of aliphatic hydroxyl groups excluding tert-OH is 1. The summed E-state index contributed by atoms with van der Waals surface area (Å²) in [6.07, 6.45) is -5.68. The summed E-state index contributed by atoms with van der Waals surface area (Å²) in [5.41, 5.74) is 0.125. The lowest BCUT2D eigenvalue weighted by Crippen LogP contribution is -2.37. The van der Waals surface area contributed by atoms with Gasteiger partial charge in [-0.15, -0.1) is 13.2 Å². The van der Waals surface area contributed by atoms with Crippen molar-refractivity contribution in [2.24, 2.45) is 5.92 Å². The molecule has 1 aromatic rings. The monoisotopic (exact) mass is 350 g/mol. The minimum Gasteiger partial charge on any atom is -0.406 e. The van der Waals surface area contributed by atoms with E-state index in [1.807, 2.05) is 13.8 Å². The van der Waals surface area contributed by atoms with Crippen LogP contribution in [-0.4, -0.2) is 43.4 Å². The van der Waals surface area contributed by atoms with Crippen LogP contribution in [0.4, 0.5) is 23.7 Å². The number of benzene rings is 1. The van der Waals surface area contributed by atoms with Crippen LogP contribution in [0.2, 0.25) is 0 Å². The zero-order chi connectivity index (χ0) is 18.2. The summed E-state index contributed by atoms with van der Waals surface area (Å²) in [5.74, 6) is -0.109. The van der Waals surface area contributed by atoms with Crippen LogP contribution >= 0.6 is 0 Å². The van der Waals surface area contributed by atoms with Gasteiger partial charge in [-0.2, -0.15) is 0 Å². The Morgan fingerprint density at radius 1 is 1.29 bits per heavy atom. The van der Waals surface area contributed by atoms with Crippen LogP contribution in [0.1, 0.15) is 13.8 Å². The molecule has 1 rings (SSSR count). The van der Waals surface area contributed by atoms with E-state index in [4.69, 9.17) is 4.74 Å². The smallest absolute Gasteiger partial charge is 0.406 e. The van der Waals surface area contributed by atoms with E-state index in [0.717, 1.165) is 12.1 Å². The molecule has 9 heteroatoms. The van der Waals surface area contributed by atoms with Gasteiger partial charge in [0.1, 0.15) is 5.75 Å². The number of carbonyl (C=O) groups is 1. The number of alkyl halides is 3. The first-order valence-corrected chi connectivity index (χ1v) is 7.32. The normalized spacial score (nSPS) is 12.8. The molecule has 1 unspecified atom stereocenters. The maximum absolute atomic E-state index is 12.1. The van der Waals surface area contributed by atoms with Gasteiger partial charge >= 0.3 is 12.4 Å². The van der Waals surface area contributed by atoms with Crippen LogP contribution in [-0.2, 0) is 4.74 Å². The average Bonchev–Trinajstić information content (AvgIpc) is 2.43. The van der Waals surface area contributed by atoms with E-state index in [9.17, 15) is 23.1 Å². The Kier molecular flexibility index (Phi) is 7.80. The first-order chi connectivity index (χ1) is 11.2. The summed E-state index contributed by atoms with van der Waals surface area (Å²) in [4.78, 5) is 11.7. The number of hydrogen-bond acceptors (Lipinski definition) is 4. The average molecular weight is 350 g/mol. The van der Waals surface area contributed by atoms with Crippen molar-refractivity contribution in [2.75, 3.05) is 25.1 Å². The summed E-state index contributed by atoms with van der Waals surface area (Å²) in [7, 11) is 0. The number of rotatable bonds is 8. The fraction of sp³-hybridized carbons (Fsp3) is 0.533. The molecule has 0 bridgehead atoms. The minimum atomic E-state index is -4.80. The van der Waals surface area contributed by atoms with E-state index < -0.39 is 24.2 Å². The standard InChI is InChI=1S/C15H21F3N2O4/c1-10(2)8-23-9-12(21)7-19-14(22)20-11-4-3-5-13(6-11)24-15(16,17)18/h3-6,10,12,21H,7-9H2,1-2H3,(H2,19,20,22). The number of urea groups is 1. The Labute approximate surface area is 137 Å². The molecule has 24 heavy (non-hydrogen) atoms. The van der Waals surface area contributed by atoms with E-state index in [0.29, 0.717) is 12.5 Å². The first kappa shape index (κ1) is 20.0. The molecule has 0 aliphatic carbocycles. The van der Waals surface area contributed by atoms with Crippen molar-refractivity contribution in [1.29, 1.82) is 0 Å².